The highest BCUT2D eigenvalue weighted by molar-refractivity contribution is 6.58. The fourth-order valence-electron chi connectivity index (χ4n) is 3.20. The Morgan fingerprint density at radius 3 is 1.33 bits per heavy atom. The highest BCUT2D eigenvalue weighted by Gasteiger charge is 2.14. The average Bonchev–Trinajstić information content (AvgIpc) is 2.90. The molecular weight excluding hydrogens is 546 g/mol. The third-order valence-corrected chi connectivity index (χ3v) is 5.38. The van der Waals surface area contributed by atoms with Gasteiger partial charge in [0.15, 0.2) is 0 Å². The van der Waals surface area contributed by atoms with Crippen LogP contribution in [0.15, 0.2) is 110 Å². The molecular formula is C28H20B2Cl2F3N2O2. The quantitative estimate of drug-likeness (QED) is 0.255. The van der Waals surface area contributed by atoms with Gasteiger partial charge < -0.3 is 10.0 Å². The Morgan fingerprint density at radius 1 is 0.564 bits per heavy atom. The van der Waals surface area contributed by atoms with Crippen LogP contribution in [0.4, 0.5) is 13.2 Å². The first-order valence-corrected chi connectivity index (χ1v) is 11.8. The van der Waals surface area contributed by atoms with E-state index in [0.29, 0.717) is 32.3 Å². The average molecular weight is 566 g/mol. The molecule has 39 heavy (non-hydrogen) atoms. The molecule has 3 aromatic carbocycles. The number of hydrogen-bond donors (Lipinski definition) is 2. The molecule has 0 saturated carbocycles. The van der Waals surface area contributed by atoms with Crippen LogP contribution in [0.1, 0.15) is 0 Å². The molecule has 2 N–H and O–H groups in total. The van der Waals surface area contributed by atoms with Crippen LogP contribution in [0.2, 0.25) is 10.0 Å². The summed E-state index contributed by atoms with van der Waals surface area (Å²) in [5.74, 6) is -1.24. The van der Waals surface area contributed by atoms with Crippen LogP contribution in [0.3, 0.4) is 0 Å². The van der Waals surface area contributed by atoms with Gasteiger partial charge in [0.25, 0.3) is 0 Å². The first-order chi connectivity index (χ1) is 18.3. The molecule has 0 aliphatic carbocycles. The molecule has 4 nitrogen and oxygen atoms in total. The summed E-state index contributed by atoms with van der Waals surface area (Å²) in [6.45, 7) is 0. The third-order valence-electron chi connectivity index (χ3n) is 4.96. The van der Waals surface area contributed by atoms with Gasteiger partial charge in [0.2, 0.25) is 0 Å². The zero-order valence-corrected chi connectivity index (χ0v) is 21.7. The summed E-state index contributed by atoms with van der Waals surface area (Å²) in [6.07, 6.45) is 6.21. The lowest BCUT2D eigenvalue weighted by molar-refractivity contribution is 0.423. The van der Waals surface area contributed by atoms with Gasteiger partial charge in [-0.25, -0.2) is 13.2 Å². The van der Waals surface area contributed by atoms with Crippen molar-refractivity contribution in [3.05, 3.63) is 137 Å². The van der Waals surface area contributed by atoms with E-state index >= 15 is 0 Å². The minimum atomic E-state index is -1.72. The van der Waals surface area contributed by atoms with Gasteiger partial charge in [-0.1, -0.05) is 77.8 Å². The lowest BCUT2D eigenvalue weighted by atomic mass is 9.80. The van der Waals surface area contributed by atoms with Crippen molar-refractivity contribution in [3.8, 4) is 22.3 Å². The molecule has 5 rings (SSSR count). The van der Waals surface area contributed by atoms with E-state index in [4.69, 9.17) is 33.2 Å². The number of hydrogen-bond acceptors (Lipinski definition) is 4. The van der Waals surface area contributed by atoms with Crippen LogP contribution in [0, 0.1) is 17.5 Å². The maximum absolute atomic E-state index is 13.8. The maximum Gasteiger partial charge on any atom is 0.491 e. The van der Waals surface area contributed by atoms with Gasteiger partial charge in [0.1, 0.15) is 17.5 Å². The highest BCUT2D eigenvalue weighted by atomic mass is 35.5. The molecule has 0 saturated heterocycles. The number of rotatable bonds is 3. The highest BCUT2D eigenvalue weighted by Crippen LogP contribution is 2.28. The van der Waals surface area contributed by atoms with E-state index in [1.165, 1.54) is 48.8 Å². The largest absolute Gasteiger partial charge is 0.491 e. The Balaban J connectivity index is 0.000000235. The molecule has 2 heterocycles. The Hall–Kier alpha value is -3.62. The second-order valence-electron chi connectivity index (χ2n) is 7.64. The van der Waals surface area contributed by atoms with Gasteiger partial charge in [-0.15, -0.1) is 0 Å². The van der Waals surface area contributed by atoms with Crippen LogP contribution in [-0.2, 0) is 0 Å². The number of nitrogens with zero attached hydrogens (tertiary/aromatic N) is 2. The van der Waals surface area contributed by atoms with E-state index < -0.39 is 12.9 Å². The lowest BCUT2D eigenvalue weighted by Gasteiger charge is -2.07. The number of aromatic nitrogens is 2. The summed E-state index contributed by atoms with van der Waals surface area (Å²) in [6, 6.07) is 21.8. The molecule has 0 spiro atoms. The van der Waals surface area contributed by atoms with Crippen molar-refractivity contribution >= 4 is 44.2 Å². The van der Waals surface area contributed by atoms with Gasteiger partial charge in [-0.2, -0.15) is 0 Å². The number of pyridine rings is 2. The van der Waals surface area contributed by atoms with Crippen LogP contribution < -0.4 is 5.46 Å². The Morgan fingerprint density at radius 2 is 0.974 bits per heavy atom. The van der Waals surface area contributed by atoms with Crippen molar-refractivity contribution in [2.24, 2.45) is 0 Å². The Kier molecular flexibility index (Phi) is 12.7. The molecule has 0 atom stereocenters. The van der Waals surface area contributed by atoms with Crippen LogP contribution in [-0.4, -0.2) is 35.5 Å². The van der Waals surface area contributed by atoms with E-state index in [-0.39, 0.29) is 25.5 Å². The van der Waals surface area contributed by atoms with Crippen molar-refractivity contribution in [1.82, 2.24) is 9.97 Å². The van der Waals surface area contributed by atoms with E-state index in [9.17, 15) is 13.2 Å². The molecule has 5 aromatic rings. The number of halogens is 5. The second kappa shape index (κ2) is 15.7. The van der Waals surface area contributed by atoms with Crippen LogP contribution in [0.5, 0.6) is 0 Å². The molecule has 0 amide bonds. The zero-order chi connectivity index (χ0) is 27.5. The fourth-order valence-corrected chi connectivity index (χ4v) is 3.60. The van der Waals surface area contributed by atoms with Gasteiger partial charge in [0.05, 0.1) is 10.0 Å². The first kappa shape index (κ1) is 31.6. The minimum absolute atomic E-state index is 0. The molecule has 0 fully saturated rings. The summed E-state index contributed by atoms with van der Waals surface area (Å²) in [5, 5.41) is 18.2. The molecule has 195 valence electrons. The standard InChI is InChI=1S/C17H11F2N.C6H6BFO2.C5H3Cl2N.B/c18-16-7-3-1-5-14(16)12-9-13(11-20-10-12)15-6-2-4-8-17(15)19;8-6-4-2-1-3-5(6)7(9)10;6-4-1-5(7)3-8-2-4;/h1-11H;1-4,9-10H;1-3H;. The minimum Gasteiger partial charge on any atom is -0.423 e. The smallest absolute Gasteiger partial charge is 0.423 e. The summed E-state index contributed by atoms with van der Waals surface area (Å²) < 4.78 is 40.1. The SMILES string of the molecule is Clc1cncc(Cl)c1.Fc1ccccc1-c1cncc(-c2ccccc2F)c1.OB(O)c1ccccc1F.[B]. The molecule has 2 aromatic heterocycles. The normalized spacial score (nSPS) is 9.72. The lowest BCUT2D eigenvalue weighted by Crippen LogP contribution is -2.32. The number of benzene rings is 3. The van der Waals surface area contributed by atoms with Gasteiger partial charge >= 0.3 is 7.12 Å². The van der Waals surface area contributed by atoms with Crippen molar-refractivity contribution in [2.75, 3.05) is 0 Å². The van der Waals surface area contributed by atoms with E-state index in [0.717, 1.165) is 0 Å². The van der Waals surface area contributed by atoms with Crippen LogP contribution in [0.25, 0.3) is 22.3 Å². The second-order valence-corrected chi connectivity index (χ2v) is 8.51. The third kappa shape index (κ3) is 9.57. The molecule has 0 unspecified atom stereocenters. The van der Waals surface area contributed by atoms with E-state index in [1.54, 1.807) is 60.9 Å². The summed E-state index contributed by atoms with van der Waals surface area (Å²) in [4.78, 5) is 7.81. The predicted octanol–water partition coefficient (Wildman–Crippen LogP) is 6.21. The monoisotopic (exact) mass is 565 g/mol. The molecule has 3 radical (unpaired) electrons. The fraction of sp³-hybridized carbons (Fsp3) is 0. The maximum atomic E-state index is 13.8. The van der Waals surface area contributed by atoms with Gasteiger partial charge in [0, 0.05) is 60.9 Å². The predicted molar refractivity (Wildman–Crippen MR) is 151 cm³/mol. The topological polar surface area (TPSA) is 66.2 Å². The van der Waals surface area contributed by atoms with Crippen LogP contribution >= 0.6 is 23.2 Å². The van der Waals surface area contributed by atoms with Gasteiger partial charge in [-0.05, 0) is 30.3 Å². The van der Waals surface area contributed by atoms with E-state index in [1.807, 2.05) is 0 Å². The summed E-state index contributed by atoms with van der Waals surface area (Å²) in [5.41, 5.74) is 2.08. The van der Waals surface area contributed by atoms with Crippen molar-refractivity contribution in [3.63, 3.8) is 0 Å². The van der Waals surface area contributed by atoms with Crippen molar-refractivity contribution < 1.29 is 23.2 Å². The Labute approximate surface area is 236 Å². The summed E-state index contributed by atoms with van der Waals surface area (Å²) in [7, 11) is -1.72. The van der Waals surface area contributed by atoms with E-state index in [2.05, 4.69) is 9.97 Å². The van der Waals surface area contributed by atoms with Crippen molar-refractivity contribution in [1.29, 1.82) is 0 Å². The van der Waals surface area contributed by atoms with Crippen molar-refractivity contribution in [2.45, 2.75) is 0 Å². The first-order valence-electron chi connectivity index (χ1n) is 11.1. The summed E-state index contributed by atoms with van der Waals surface area (Å²) >= 11 is 11.0. The Bertz CT molecular complexity index is 1420. The molecule has 0 bridgehead atoms. The zero-order valence-electron chi connectivity index (χ0n) is 20.2. The molecule has 0 aliphatic heterocycles. The molecule has 0 aliphatic rings. The van der Waals surface area contributed by atoms with Gasteiger partial charge in [-0.3, -0.25) is 9.97 Å². The molecule has 11 heteroatoms.